The summed E-state index contributed by atoms with van der Waals surface area (Å²) < 4.78 is 5.20. The minimum Gasteiger partial charge on any atom is -0.496 e. The summed E-state index contributed by atoms with van der Waals surface area (Å²) in [6.07, 6.45) is 0. The van der Waals surface area contributed by atoms with Gasteiger partial charge in [0, 0.05) is 18.6 Å². The molecule has 0 atom stereocenters. The monoisotopic (exact) mass is 284 g/mol. The number of halogens is 1. The third-order valence-corrected chi connectivity index (χ3v) is 3.19. The van der Waals surface area contributed by atoms with E-state index in [9.17, 15) is 4.79 Å². The molecule has 19 heavy (non-hydrogen) atoms. The summed E-state index contributed by atoms with van der Waals surface area (Å²) in [5, 5.41) is 0.510. The first kappa shape index (κ1) is 15.8. The number of nitrogens with two attached hydrogens (primary N) is 1. The number of ether oxygens (including phenoxy) is 1. The van der Waals surface area contributed by atoms with Crippen LogP contribution in [0.25, 0.3) is 0 Å². The average Bonchev–Trinajstić information content (AvgIpc) is 2.37. The largest absolute Gasteiger partial charge is 0.496 e. The zero-order valence-corrected chi connectivity index (χ0v) is 12.6. The maximum absolute atomic E-state index is 12.4. The first-order valence-electron chi connectivity index (χ1n) is 6.10. The quantitative estimate of drug-likeness (QED) is 0.903. The zero-order valence-electron chi connectivity index (χ0n) is 11.9. The predicted octanol–water partition coefficient (Wildman–Crippen LogP) is 2.41. The second-order valence-corrected chi connectivity index (χ2v) is 5.81. The Hall–Kier alpha value is -1.26. The molecule has 0 unspecified atom stereocenters. The van der Waals surface area contributed by atoms with Gasteiger partial charge in [-0.3, -0.25) is 4.79 Å². The molecular weight excluding hydrogens is 264 g/mol. The molecule has 2 N–H and O–H groups in total. The van der Waals surface area contributed by atoms with Crippen molar-refractivity contribution in [2.75, 3.05) is 27.2 Å². The molecule has 0 saturated carbocycles. The molecule has 0 spiro atoms. The number of rotatable bonds is 5. The smallest absolute Gasteiger partial charge is 0.257 e. The number of hydrogen-bond donors (Lipinski definition) is 1. The second kappa shape index (κ2) is 6.26. The van der Waals surface area contributed by atoms with E-state index in [1.807, 2.05) is 13.8 Å². The van der Waals surface area contributed by atoms with Gasteiger partial charge in [-0.1, -0.05) is 25.4 Å². The fraction of sp³-hybridized carbons (Fsp3) is 0.500. The number of hydrogen-bond acceptors (Lipinski definition) is 3. The van der Waals surface area contributed by atoms with Crippen LogP contribution in [0.1, 0.15) is 24.2 Å². The van der Waals surface area contributed by atoms with Crippen molar-refractivity contribution in [3.05, 3.63) is 28.8 Å². The van der Waals surface area contributed by atoms with Crippen molar-refractivity contribution in [1.29, 1.82) is 0 Å². The molecule has 1 amide bonds. The average molecular weight is 285 g/mol. The molecule has 0 heterocycles. The summed E-state index contributed by atoms with van der Waals surface area (Å²) in [6.45, 7) is 5.12. The molecule has 4 nitrogen and oxygen atoms in total. The van der Waals surface area contributed by atoms with Crippen LogP contribution >= 0.6 is 11.6 Å². The lowest BCUT2D eigenvalue weighted by Gasteiger charge is -2.29. The molecule has 1 aromatic carbocycles. The lowest BCUT2D eigenvalue weighted by molar-refractivity contribution is 0.0737. The van der Waals surface area contributed by atoms with Gasteiger partial charge in [0.15, 0.2) is 0 Å². The lowest BCUT2D eigenvalue weighted by Crippen LogP contribution is -2.39. The molecule has 0 aliphatic rings. The molecule has 1 rings (SSSR count). The lowest BCUT2D eigenvalue weighted by atomic mass is 9.93. The van der Waals surface area contributed by atoms with E-state index in [2.05, 4.69) is 0 Å². The van der Waals surface area contributed by atoms with Crippen molar-refractivity contribution in [3.63, 3.8) is 0 Å². The number of carbonyl (C=O) groups excluding carboxylic acids is 1. The molecule has 5 heteroatoms. The Morgan fingerprint density at radius 2 is 2.11 bits per heavy atom. The minimum atomic E-state index is -0.129. The van der Waals surface area contributed by atoms with Gasteiger partial charge in [0.1, 0.15) is 5.75 Å². The molecule has 0 aliphatic heterocycles. The van der Waals surface area contributed by atoms with E-state index in [-0.39, 0.29) is 11.3 Å². The maximum atomic E-state index is 12.4. The first-order chi connectivity index (χ1) is 8.80. The van der Waals surface area contributed by atoms with E-state index < -0.39 is 0 Å². The Morgan fingerprint density at radius 1 is 1.47 bits per heavy atom. The topological polar surface area (TPSA) is 55.6 Å². The van der Waals surface area contributed by atoms with E-state index in [1.165, 1.54) is 7.11 Å². The van der Waals surface area contributed by atoms with Crippen molar-refractivity contribution < 1.29 is 9.53 Å². The zero-order chi connectivity index (χ0) is 14.6. The normalized spacial score (nSPS) is 11.3. The molecule has 1 aromatic rings. The summed E-state index contributed by atoms with van der Waals surface area (Å²) in [4.78, 5) is 14.1. The maximum Gasteiger partial charge on any atom is 0.257 e. The highest BCUT2D eigenvalue weighted by Crippen LogP contribution is 2.25. The van der Waals surface area contributed by atoms with Crippen LogP contribution in [0.5, 0.6) is 5.75 Å². The minimum absolute atomic E-state index is 0.124. The van der Waals surface area contributed by atoms with Crippen molar-refractivity contribution in [3.8, 4) is 5.75 Å². The second-order valence-electron chi connectivity index (χ2n) is 5.37. The van der Waals surface area contributed by atoms with Crippen LogP contribution in [0.15, 0.2) is 18.2 Å². The van der Waals surface area contributed by atoms with Gasteiger partial charge >= 0.3 is 0 Å². The molecule has 0 aromatic heterocycles. The van der Waals surface area contributed by atoms with Crippen molar-refractivity contribution in [2.45, 2.75) is 13.8 Å². The Labute approximate surface area is 119 Å². The summed E-state index contributed by atoms with van der Waals surface area (Å²) in [7, 11) is 3.28. The predicted molar refractivity (Wildman–Crippen MR) is 77.8 cm³/mol. The first-order valence-corrected chi connectivity index (χ1v) is 6.47. The molecule has 0 aliphatic carbocycles. The van der Waals surface area contributed by atoms with Crippen molar-refractivity contribution in [1.82, 2.24) is 4.90 Å². The van der Waals surface area contributed by atoms with Crippen molar-refractivity contribution in [2.24, 2.45) is 11.1 Å². The van der Waals surface area contributed by atoms with Crippen LogP contribution in [0, 0.1) is 5.41 Å². The number of methoxy groups -OCH3 is 1. The van der Waals surface area contributed by atoms with Crippen LogP contribution in [0.2, 0.25) is 5.02 Å². The number of benzene rings is 1. The molecule has 106 valence electrons. The van der Waals surface area contributed by atoms with Crippen LogP contribution in [0.3, 0.4) is 0 Å². The van der Waals surface area contributed by atoms with Crippen molar-refractivity contribution >= 4 is 17.5 Å². The van der Waals surface area contributed by atoms with Gasteiger partial charge < -0.3 is 15.4 Å². The van der Waals surface area contributed by atoms with Crippen LogP contribution in [0.4, 0.5) is 0 Å². The number of nitrogens with zero attached hydrogens (tertiary/aromatic N) is 1. The Balaban J connectivity index is 2.97. The number of carbonyl (C=O) groups is 1. The molecule has 0 fully saturated rings. The third-order valence-electron chi connectivity index (χ3n) is 2.96. The van der Waals surface area contributed by atoms with Gasteiger partial charge in [0.05, 0.1) is 12.7 Å². The van der Waals surface area contributed by atoms with Crippen LogP contribution < -0.4 is 10.5 Å². The van der Waals surface area contributed by atoms with Gasteiger partial charge in [-0.2, -0.15) is 0 Å². The summed E-state index contributed by atoms with van der Waals surface area (Å²) in [5.74, 6) is 0.396. The Morgan fingerprint density at radius 3 is 2.63 bits per heavy atom. The summed E-state index contributed by atoms with van der Waals surface area (Å²) >= 11 is 5.94. The highest BCUT2D eigenvalue weighted by Gasteiger charge is 2.23. The van der Waals surface area contributed by atoms with E-state index in [0.717, 1.165) is 0 Å². The molecular formula is C14H21ClN2O2. The SMILES string of the molecule is COc1ccc(Cl)cc1C(=O)N(C)CC(C)(C)CN. The van der Waals surface area contributed by atoms with Gasteiger partial charge in [-0.05, 0) is 30.2 Å². The molecule has 0 bridgehead atoms. The van der Waals surface area contributed by atoms with Gasteiger partial charge in [-0.25, -0.2) is 0 Å². The van der Waals surface area contributed by atoms with Gasteiger partial charge in [0.2, 0.25) is 0 Å². The highest BCUT2D eigenvalue weighted by molar-refractivity contribution is 6.31. The van der Waals surface area contributed by atoms with Gasteiger partial charge in [0.25, 0.3) is 5.91 Å². The van der Waals surface area contributed by atoms with E-state index in [4.69, 9.17) is 22.1 Å². The highest BCUT2D eigenvalue weighted by atomic mass is 35.5. The molecule has 0 radical (unpaired) electrons. The van der Waals surface area contributed by atoms with E-state index in [1.54, 1.807) is 30.1 Å². The number of amides is 1. The molecule has 0 saturated heterocycles. The summed E-state index contributed by atoms with van der Waals surface area (Å²) in [6, 6.07) is 5.01. The van der Waals surface area contributed by atoms with E-state index in [0.29, 0.717) is 29.4 Å². The summed E-state index contributed by atoms with van der Waals surface area (Å²) in [5.41, 5.74) is 6.02. The van der Waals surface area contributed by atoms with Crippen LogP contribution in [-0.2, 0) is 0 Å². The Bertz CT molecular complexity index is 461. The third kappa shape index (κ3) is 4.11. The van der Waals surface area contributed by atoms with E-state index >= 15 is 0 Å². The Kier molecular flexibility index (Phi) is 5.20. The van der Waals surface area contributed by atoms with Crippen LogP contribution in [-0.4, -0.2) is 38.1 Å². The fourth-order valence-corrected chi connectivity index (χ4v) is 2.00. The van der Waals surface area contributed by atoms with Gasteiger partial charge in [-0.15, -0.1) is 0 Å². The fourth-order valence-electron chi connectivity index (χ4n) is 1.83. The standard InChI is InChI=1S/C14H21ClN2O2/c1-14(2,8-16)9-17(3)13(18)11-7-10(15)5-6-12(11)19-4/h5-7H,8-9,16H2,1-4H3.